The van der Waals surface area contributed by atoms with E-state index < -0.39 is 0 Å². The molecule has 0 unspecified atom stereocenters. The lowest BCUT2D eigenvalue weighted by molar-refractivity contribution is 0.0952. The molecule has 0 saturated carbocycles. The number of carbonyl (C=O) groups is 1. The lowest BCUT2D eigenvalue weighted by atomic mass is 10.0. The first-order valence-electron chi connectivity index (χ1n) is 10.0. The van der Waals surface area contributed by atoms with Crippen LogP contribution >= 0.6 is 23.2 Å². The molecular weight excluding hydrogens is 417 g/mol. The number of nitrogens with one attached hydrogen (secondary N) is 1. The van der Waals surface area contributed by atoms with Crippen LogP contribution in [0.1, 0.15) is 53.6 Å². The molecule has 0 fully saturated rings. The maximum absolute atomic E-state index is 13.1. The van der Waals surface area contributed by atoms with Gasteiger partial charge in [0.2, 0.25) is 0 Å². The largest absolute Gasteiger partial charge is 0.352 e. The Morgan fingerprint density at radius 2 is 1.70 bits per heavy atom. The van der Waals surface area contributed by atoms with E-state index >= 15 is 0 Å². The summed E-state index contributed by atoms with van der Waals surface area (Å²) in [4.78, 5) is 22.3. The van der Waals surface area contributed by atoms with Crippen molar-refractivity contribution in [2.24, 2.45) is 0 Å². The molecule has 30 heavy (non-hydrogen) atoms. The summed E-state index contributed by atoms with van der Waals surface area (Å²) in [6.07, 6.45) is 1.75. The Morgan fingerprint density at radius 3 is 2.33 bits per heavy atom. The van der Waals surface area contributed by atoms with Crippen LogP contribution < -0.4 is 5.32 Å². The summed E-state index contributed by atoms with van der Waals surface area (Å²) in [6.45, 7) is 6.44. The van der Waals surface area contributed by atoms with Crippen molar-refractivity contribution in [1.29, 1.82) is 0 Å². The highest BCUT2D eigenvalue weighted by Crippen LogP contribution is 2.30. The number of amides is 1. The number of carbonyl (C=O) groups excluding carboxylic acids is 1. The normalized spacial score (nSPS) is 11.0. The number of aryl methyl sites for hydroxylation is 2. The van der Waals surface area contributed by atoms with Crippen LogP contribution in [0.2, 0.25) is 10.0 Å². The van der Waals surface area contributed by atoms with E-state index in [1.54, 1.807) is 18.2 Å². The first-order valence-corrected chi connectivity index (χ1v) is 10.8. The number of halogens is 2. The van der Waals surface area contributed by atoms with Gasteiger partial charge in [0.25, 0.3) is 5.91 Å². The molecule has 6 heteroatoms. The average molecular weight is 442 g/mol. The second-order valence-corrected chi connectivity index (χ2v) is 8.42. The third kappa shape index (κ3) is 5.59. The summed E-state index contributed by atoms with van der Waals surface area (Å²) in [5.74, 6) is 0.612. The molecule has 3 rings (SSSR count). The van der Waals surface area contributed by atoms with E-state index in [1.165, 1.54) is 5.56 Å². The molecule has 2 aromatic carbocycles. The highest BCUT2D eigenvalue weighted by molar-refractivity contribution is 6.35. The molecule has 3 aromatic rings. The Balaban J connectivity index is 1.86. The minimum absolute atomic E-state index is 0.125. The maximum atomic E-state index is 13.1. The molecule has 0 aliphatic heterocycles. The van der Waals surface area contributed by atoms with E-state index in [-0.39, 0.29) is 11.8 Å². The fourth-order valence-electron chi connectivity index (χ4n) is 3.25. The van der Waals surface area contributed by atoms with Crippen LogP contribution in [0.5, 0.6) is 0 Å². The fourth-order valence-corrected chi connectivity index (χ4v) is 3.78. The lowest BCUT2D eigenvalue weighted by Gasteiger charge is -2.15. The van der Waals surface area contributed by atoms with E-state index in [0.29, 0.717) is 44.9 Å². The summed E-state index contributed by atoms with van der Waals surface area (Å²) < 4.78 is 0. The number of hydrogen-bond acceptors (Lipinski definition) is 3. The second-order valence-electron chi connectivity index (χ2n) is 7.55. The van der Waals surface area contributed by atoms with Crippen LogP contribution in [0.25, 0.3) is 11.3 Å². The Hall–Kier alpha value is -2.43. The lowest BCUT2D eigenvalue weighted by Crippen LogP contribution is -2.27. The van der Waals surface area contributed by atoms with E-state index in [0.717, 1.165) is 12.8 Å². The summed E-state index contributed by atoms with van der Waals surface area (Å²) in [7, 11) is 0. The van der Waals surface area contributed by atoms with Crippen molar-refractivity contribution in [3.63, 3.8) is 0 Å². The number of aromatic nitrogens is 2. The average Bonchev–Trinajstić information content (AvgIpc) is 2.70. The minimum Gasteiger partial charge on any atom is -0.352 e. The predicted molar refractivity (Wildman–Crippen MR) is 123 cm³/mol. The molecule has 1 N–H and O–H groups in total. The number of hydrogen-bond donors (Lipinski definition) is 1. The van der Waals surface area contributed by atoms with Gasteiger partial charge in [0.15, 0.2) is 0 Å². The zero-order chi connectivity index (χ0) is 21.7. The Morgan fingerprint density at radius 1 is 1.03 bits per heavy atom. The highest BCUT2D eigenvalue weighted by Gasteiger charge is 2.21. The Bertz CT molecular complexity index is 1020. The van der Waals surface area contributed by atoms with Gasteiger partial charge in [0.05, 0.1) is 17.0 Å². The molecular formula is C24H25Cl2N3O. The van der Waals surface area contributed by atoms with Gasteiger partial charge in [-0.25, -0.2) is 9.97 Å². The van der Waals surface area contributed by atoms with Crippen molar-refractivity contribution in [1.82, 2.24) is 15.3 Å². The van der Waals surface area contributed by atoms with Crippen LogP contribution in [0, 0.1) is 6.92 Å². The number of rotatable bonds is 7. The standard InChI is InChI=1S/C24H25Cl2N3O/c1-15(2)23-28-16(3)21(22(29-23)18-12-19(25)14-20(26)13-18)24(30)27-11-7-10-17-8-5-4-6-9-17/h4-6,8-9,12-15H,7,10-11H2,1-3H3,(H,27,30). The molecule has 0 spiro atoms. The maximum Gasteiger partial charge on any atom is 0.255 e. The van der Waals surface area contributed by atoms with Crippen LogP contribution in [0.4, 0.5) is 0 Å². The molecule has 1 amide bonds. The molecule has 156 valence electrons. The zero-order valence-electron chi connectivity index (χ0n) is 17.4. The predicted octanol–water partition coefficient (Wildman–Crippen LogP) is 6.24. The van der Waals surface area contributed by atoms with Crippen molar-refractivity contribution >= 4 is 29.1 Å². The third-order valence-electron chi connectivity index (χ3n) is 4.76. The van der Waals surface area contributed by atoms with Crippen molar-refractivity contribution < 1.29 is 4.79 Å². The summed E-state index contributed by atoms with van der Waals surface area (Å²) >= 11 is 12.4. The van der Waals surface area contributed by atoms with Gasteiger partial charge in [-0.3, -0.25) is 4.79 Å². The van der Waals surface area contributed by atoms with Crippen molar-refractivity contribution in [3.8, 4) is 11.3 Å². The molecule has 4 nitrogen and oxygen atoms in total. The SMILES string of the molecule is Cc1nc(C(C)C)nc(-c2cc(Cl)cc(Cl)c2)c1C(=O)NCCCc1ccccc1. The minimum atomic E-state index is -0.193. The van der Waals surface area contributed by atoms with Crippen LogP contribution in [0.3, 0.4) is 0 Å². The van der Waals surface area contributed by atoms with Gasteiger partial charge in [0, 0.05) is 28.1 Å². The van der Waals surface area contributed by atoms with Crippen LogP contribution in [-0.2, 0) is 6.42 Å². The van der Waals surface area contributed by atoms with E-state index in [1.807, 2.05) is 39.0 Å². The quantitative estimate of drug-likeness (QED) is 0.441. The zero-order valence-corrected chi connectivity index (χ0v) is 18.9. The molecule has 0 aliphatic rings. The Labute approximate surface area is 187 Å². The summed E-state index contributed by atoms with van der Waals surface area (Å²) in [5.41, 5.74) is 3.60. The van der Waals surface area contributed by atoms with Crippen LogP contribution in [0.15, 0.2) is 48.5 Å². The Kier molecular flexibility index (Phi) is 7.46. The van der Waals surface area contributed by atoms with Gasteiger partial charge in [0.1, 0.15) is 5.82 Å². The smallest absolute Gasteiger partial charge is 0.255 e. The molecule has 0 saturated heterocycles. The molecule has 0 bridgehead atoms. The first kappa shape index (κ1) is 22.3. The van der Waals surface area contributed by atoms with Gasteiger partial charge in [-0.15, -0.1) is 0 Å². The van der Waals surface area contributed by atoms with Crippen LogP contribution in [-0.4, -0.2) is 22.4 Å². The third-order valence-corrected chi connectivity index (χ3v) is 5.19. The van der Waals surface area contributed by atoms with Gasteiger partial charge >= 0.3 is 0 Å². The van der Waals surface area contributed by atoms with Gasteiger partial charge < -0.3 is 5.32 Å². The summed E-state index contributed by atoms with van der Waals surface area (Å²) in [6, 6.07) is 15.4. The monoisotopic (exact) mass is 441 g/mol. The first-order chi connectivity index (χ1) is 14.3. The number of nitrogens with zero attached hydrogens (tertiary/aromatic N) is 2. The fraction of sp³-hybridized carbons (Fsp3) is 0.292. The van der Waals surface area contributed by atoms with Gasteiger partial charge in [-0.05, 0) is 43.5 Å². The van der Waals surface area contributed by atoms with E-state index in [9.17, 15) is 4.79 Å². The molecule has 1 heterocycles. The van der Waals surface area contributed by atoms with E-state index in [4.69, 9.17) is 28.2 Å². The van der Waals surface area contributed by atoms with Gasteiger partial charge in [-0.2, -0.15) is 0 Å². The molecule has 0 radical (unpaired) electrons. The van der Waals surface area contributed by atoms with E-state index in [2.05, 4.69) is 22.4 Å². The molecule has 0 aliphatic carbocycles. The number of benzene rings is 2. The van der Waals surface area contributed by atoms with Crippen molar-refractivity contribution in [2.75, 3.05) is 6.54 Å². The second kappa shape index (κ2) is 10.1. The molecule has 1 aromatic heterocycles. The van der Waals surface area contributed by atoms with Crippen molar-refractivity contribution in [3.05, 3.63) is 81.2 Å². The molecule has 0 atom stereocenters. The highest BCUT2D eigenvalue weighted by atomic mass is 35.5. The summed E-state index contributed by atoms with van der Waals surface area (Å²) in [5, 5.41) is 4.00. The topological polar surface area (TPSA) is 54.9 Å². The van der Waals surface area contributed by atoms with Gasteiger partial charge in [-0.1, -0.05) is 67.4 Å². The van der Waals surface area contributed by atoms with Crippen molar-refractivity contribution in [2.45, 2.75) is 39.5 Å².